The fraction of sp³-hybridized carbons (Fsp3) is 0.0500. The van der Waals surface area contributed by atoms with Crippen LogP contribution in [0.2, 0.25) is 0 Å². The molecule has 7 heteroatoms. The third kappa shape index (κ3) is 4.06. The Morgan fingerprint density at radius 2 is 0.979 bits per heavy atom. The molecule has 7 N–H and O–H groups in total. The highest BCUT2D eigenvalue weighted by Gasteiger charge is 2.29. The summed E-state index contributed by atoms with van der Waals surface area (Å²) in [6, 6.07) is 30.2. The van der Waals surface area contributed by atoms with E-state index in [1.54, 1.807) is 12.1 Å². The van der Waals surface area contributed by atoms with E-state index in [2.05, 4.69) is 60.7 Å². The maximum Gasteiger partial charge on any atom is 0.205 e. The Balaban J connectivity index is 1.37. The highest BCUT2D eigenvalue weighted by Crippen LogP contribution is 2.59. The number of hydrogen-bond acceptors (Lipinski definition) is 7. The van der Waals surface area contributed by atoms with Crippen molar-refractivity contribution in [1.82, 2.24) is 0 Å². The summed E-state index contributed by atoms with van der Waals surface area (Å²) < 4.78 is 0. The van der Waals surface area contributed by atoms with Gasteiger partial charge in [0.2, 0.25) is 11.5 Å². The van der Waals surface area contributed by atoms with Crippen LogP contribution in [0.5, 0.6) is 40.2 Å². The van der Waals surface area contributed by atoms with E-state index in [-0.39, 0.29) is 5.56 Å². The molecule has 8 rings (SSSR count). The largest absolute Gasteiger partial charge is 0.506 e. The molecule has 0 aliphatic heterocycles. The smallest absolute Gasteiger partial charge is 0.205 e. The number of allylic oxidation sites excluding steroid dienone is 1. The predicted molar refractivity (Wildman–Crippen MR) is 184 cm³/mol. The lowest BCUT2D eigenvalue weighted by Crippen LogP contribution is -2.02. The van der Waals surface area contributed by atoms with Crippen LogP contribution in [0.15, 0.2) is 97.1 Å². The molecule has 0 saturated carbocycles. The zero-order valence-corrected chi connectivity index (χ0v) is 24.9. The molecule has 7 nitrogen and oxygen atoms in total. The van der Waals surface area contributed by atoms with Crippen LogP contribution in [-0.2, 0) is 6.42 Å². The molecule has 7 aromatic carbocycles. The molecule has 47 heavy (non-hydrogen) atoms. The van der Waals surface area contributed by atoms with Crippen molar-refractivity contribution in [2.45, 2.75) is 12.8 Å². The predicted octanol–water partition coefficient (Wildman–Crippen LogP) is 9.05. The summed E-state index contributed by atoms with van der Waals surface area (Å²) in [4.78, 5) is 0. The van der Waals surface area contributed by atoms with Crippen molar-refractivity contribution in [1.29, 1.82) is 0 Å². The minimum absolute atomic E-state index is 0.222. The van der Waals surface area contributed by atoms with E-state index in [0.717, 1.165) is 51.1 Å². The van der Waals surface area contributed by atoms with Crippen LogP contribution in [0.4, 0.5) is 0 Å². The minimum Gasteiger partial charge on any atom is -0.506 e. The standard InChI is InChI=1S/C40H28O7/c41-34-31(35(42)36(43)33-32(34)37(44)39(46)40(47)38(33)45)23-17-15-20-14-16-22(18-24(20)19-23)30-27-12-6-4-10-25(27)29(21-8-2-1-3-9-21)26-11-5-7-13-28(26)30/h1-4,6-10,12-19,41-47H,5,11H2. The summed E-state index contributed by atoms with van der Waals surface area (Å²) in [7, 11) is 0. The Hall–Kier alpha value is -6.34. The van der Waals surface area contributed by atoms with Gasteiger partial charge in [-0.3, -0.25) is 0 Å². The van der Waals surface area contributed by atoms with Gasteiger partial charge in [-0.25, -0.2) is 0 Å². The van der Waals surface area contributed by atoms with Crippen LogP contribution in [0.25, 0.3) is 71.8 Å². The molecular formula is C40H28O7. The molecule has 0 aromatic heterocycles. The van der Waals surface area contributed by atoms with Gasteiger partial charge in [0.25, 0.3) is 0 Å². The Labute approximate surface area is 268 Å². The summed E-state index contributed by atoms with van der Waals surface area (Å²) >= 11 is 0. The molecule has 1 aliphatic rings. The van der Waals surface area contributed by atoms with E-state index in [1.165, 1.54) is 16.7 Å². The lowest BCUT2D eigenvalue weighted by Gasteiger charge is -2.24. The van der Waals surface area contributed by atoms with E-state index in [9.17, 15) is 35.7 Å². The van der Waals surface area contributed by atoms with Crippen LogP contribution in [0.3, 0.4) is 0 Å². The van der Waals surface area contributed by atoms with Gasteiger partial charge in [-0.15, -0.1) is 0 Å². The topological polar surface area (TPSA) is 142 Å². The lowest BCUT2D eigenvalue weighted by atomic mass is 9.80. The molecule has 0 atom stereocenters. The van der Waals surface area contributed by atoms with Gasteiger partial charge in [-0.2, -0.15) is 0 Å². The average Bonchev–Trinajstić information content (AvgIpc) is 3.10. The Morgan fingerprint density at radius 3 is 1.64 bits per heavy atom. The maximum atomic E-state index is 11.3. The van der Waals surface area contributed by atoms with Crippen LogP contribution in [0, 0.1) is 0 Å². The zero-order chi connectivity index (χ0) is 32.6. The lowest BCUT2D eigenvalue weighted by molar-refractivity contribution is 0.347. The summed E-state index contributed by atoms with van der Waals surface area (Å²) in [6.45, 7) is 0. The second kappa shape index (κ2) is 10.4. The van der Waals surface area contributed by atoms with E-state index < -0.39 is 51.0 Å². The average molecular weight is 621 g/mol. The van der Waals surface area contributed by atoms with Crippen molar-refractivity contribution in [3.8, 4) is 73.6 Å². The second-order valence-corrected chi connectivity index (χ2v) is 11.8. The first-order chi connectivity index (χ1) is 22.8. The third-order valence-corrected chi connectivity index (χ3v) is 9.26. The molecule has 0 amide bonds. The van der Waals surface area contributed by atoms with Gasteiger partial charge < -0.3 is 35.7 Å². The van der Waals surface area contributed by atoms with Gasteiger partial charge in [-0.1, -0.05) is 91.0 Å². The molecule has 7 aromatic rings. The Morgan fingerprint density at radius 1 is 0.426 bits per heavy atom. The molecule has 0 unspecified atom stereocenters. The molecule has 0 heterocycles. The number of rotatable bonds is 3. The summed E-state index contributed by atoms with van der Waals surface area (Å²) in [6.07, 6.45) is 6.26. The summed E-state index contributed by atoms with van der Waals surface area (Å²) in [5, 5.41) is 77.0. The molecule has 0 fully saturated rings. The SMILES string of the molecule is Oc1c(O)c(O)c2c(O)c(-c3ccc4ccc(-c5c6c(c(-c7ccccc7)c7ccccc57)CCC=C6)cc4c3)c(O)c(O)c2c1O. The molecule has 230 valence electrons. The van der Waals surface area contributed by atoms with E-state index in [4.69, 9.17) is 0 Å². The maximum absolute atomic E-state index is 11.3. The van der Waals surface area contributed by atoms with E-state index in [1.807, 2.05) is 30.3 Å². The third-order valence-electron chi connectivity index (χ3n) is 9.26. The number of benzene rings is 7. The number of hydrogen-bond donors (Lipinski definition) is 7. The van der Waals surface area contributed by atoms with Crippen molar-refractivity contribution >= 4 is 38.4 Å². The van der Waals surface area contributed by atoms with E-state index in [0.29, 0.717) is 5.56 Å². The molecule has 0 spiro atoms. The summed E-state index contributed by atoms with van der Waals surface area (Å²) in [5.41, 5.74) is 7.03. The van der Waals surface area contributed by atoms with Crippen LogP contribution < -0.4 is 0 Å². The number of aromatic hydroxyl groups is 7. The second-order valence-electron chi connectivity index (χ2n) is 11.8. The van der Waals surface area contributed by atoms with Crippen LogP contribution >= 0.6 is 0 Å². The van der Waals surface area contributed by atoms with Gasteiger partial charge in [0.05, 0.1) is 16.3 Å². The first kappa shape index (κ1) is 28.2. The van der Waals surface area contributed by atoms with Gasteiger partial charge in [0.1, 0.15) is 5.75 Å². The van der Waals surface area contributed by atoms with Crippen molar-refractivity contribution in [2.75, 3.05) is 0 Å². The van der Waals surface area contributed by atoms with Crippen molar-refractivity contribution in [3.63, 3.8) is 0 Å². The van der Waals surface area contributed by atoms with Crippen molar-refractivity contribution < 1.29 is 35.7 Å². The minimum atomic E-state index is -1.10. The fourth-order valence-corrected chi connectivity index (χ4v) is 7.09. The molecule has 0 bridgehead atoms. The Kier molecular flexibility index (Phi) is 6.20. The van der Waals surface area contributed by atoms with Gasteiger partial charge in [0, 0.05) is 0 Å². The normalized spacial score (nSPS) is 12.6. The van der Waals surface area contributed by atoms with Gasteiger partial charge in [0.15, 0.2) is 23.0 Å². The number of fused-ring (bicyclic) bond motifs is 4. The number of phenolic OH excluding ortho intramolecular Hbond substituents is 7. The van der Waals surface area contributed by atoms with Crippen LogP contribution in [-0.4, -0.2) is 35.7 Å². The molecule has 0 radical (unpaired) electrons. The molecular weight excluding hydrogens is 592 g/mol. The first-order valence-electron chi connectivity index (χ1n) is 15.2. The van der Waals surface area contributed by atoms with Gasteiger partial charge in [-0.05, 0) is 85.5 Å². The van der Waals surface area contributed by atoms with Gasteiger partial charge >= 0.3 is 0 Å². The van der Waals surface area contributed by atoms with Crippen molar-refractivity contribution in [2.24, 2.45) is 0 Å². The number of phenols is 7. The molecule has 1 aliphatic carbocycles. The fourth-order valence-electron chi connectivity index (χ4n) is 7.09. The van der Waals surface area contributed by atoms with Crippen molar-refractivity contribution in [3.05, 3.63) is 108 Å². The highest BCUT2D eigenvalue weighted by molar-refractivity contribution is 6.12. The quantitative estimate of drug-likeness (QED) is 0.0772. The Bertz CT molecular complexity index is 2480. The summed E-state index contributed by atoms with van der Waals surface area (Å²) in [5.74, 6) is -6.49. The first-order valence-corrected chi connectivity index (χ1v) is 15.2. The monoisotopic (exact) mass is 620 g/mol. The van der Waals surface area contributed by atoms with E-state index >= 15 is 0 Å². The van der Waals surface area contributed by atoms with Crippen LogP contribution in [0.1, 0.15) is 17.5 Å². The highest BCUT2D eigenvalue weighted by atomic mass is 16.3. The zero-order valence-electron chi connectivity index (χ0n) is 24.9. The molecule has 0 saturated heterocycles.